The van der Waals surface area contributed by atoms with E-state index in [2.05, 4.69) is 15.1 Å². The van der Waals surface area contributed by atoms with Gasteiger partial charge in [0.05, 0.1) is 17.8 Å². The molecule has 0 saturated heterocycles. The molecule has 0 saturated carbocycles. The number of oxime groups is 1. The topological polar surface area (TPSA) is 105 Å². The minimum absolute atomic E-state index is 0.0659. The minimum atomic E-state index is -0.117. The smallest absolute Gasteiger partial charge is 0.256 e. The van der Waals surface area contributed by atoms with Crippen molar-refractivity contribution >= 4 is 11.7 Å². The quantitative estimate of drug-likeness (QED) is 0.374. The normalized spacial score (nSPS) is 14.4. The van der Waals surface area contributed by atoms with Crippen molar-refractivity contribution in [3.05, 3.63) is 59.2 Å². The molecule has 0 unspecified atom stereocenters. The van der Waals surface area contributed by atoms with Gasteiger partial charge in [-0.15, -0.1) is 0 Å². The summed E-state index contributed by atoms with van der Waals surface area (Å²) < 4.78 is 0. The SMILES string of the molecule is N/C(=N\O)c1cnc2c(c1)C(=O)N(Cc1cccnc1)C2. The zero-order valence-corrected chi connectivity index (χ0v) is 11.1. The molecule has 0 aromatic carbocycles. The Kier molecular flexibility index (Phi) is 3.23. The van der Waals surface area contributed by atoms with Crippen molar-refractivity contribution in [3.63, 3.8) is 0 Å². The second-order valence-corrected chi connectivity index (χ2v) is 4.73. The first-order valence-electron chi connectivity index (χ1n) is 6.34. The first-order chi connectivity index (χ1) is 10.2. The van der Waals surface area contributed by atoms with E-state index in [0.29, 0.717) is 29.9 Å². The van der Waals surface area contributed by atoms with Gasteiger partial charge >= 0.3 is 0 Å². The number of nitrogens with two attached hydrogens (primary N) is 1. The summed E-state index contributed by atoms with van der Waals surface area (Å²) in [5, 5.41) is 11.6. The number of carbonyl (C=O) groups is 1. The van der Waals surface area contributed by atoms with Crippen molar-refractivity contribution in [1.82, 2.24) is 14.9 Å². The lowest BCUT2D eigenvalue weighted by atomic mass is 10.1. The molecule has 0 aliphatic carbocycles. The van der Waals surface area contributed by atoms with E-state index in [1.807, 2.05) is 12.1 Å². The molecule has 2 aromatic heterocycles. The van der Waals surface area contributed by atoms with Gasteiger partial charge in [-0.25, -0.2) is 0 Å². The maximum atomic E-state index is 12.4. The van der Waals surface area contributed by atoms with Gasteiger partial charge in [0.15, 0.2) is 5.84 Å². The van der Waals surface area contributed by atoms with Crippen LogP contribution in [0, 0.1) is 0 Å². The van der Waals surface area contributed by atoms with Crippen LogP contribution in [0.3, 0.4) is 0 Å². The van der Waals surface area contributed by atoms with Crippen LogP contribution in [0.15, 0.2) is 41.9 Å². The Bertz CT molecular complexity index is 715. The summed E-state index contributed by atoms with van der Waals surface area (Å²) in [5.74, 6) is -0.183. The van der Waals surface area contributed by atoms with Crippen LogP contribution in [0.1, 0.15) is 27.2 Å². The predicted octanol–water partition coefficient (Wildman–Crippen LogP) is 0.727. The number of amidine groups is 1. The summed E-state index contributed by atoms with van der Waals surface area (Å²) in [5.41, 5.74) is 8.08. The van der Waals surface area contributed by atoms with Crippen LogP contribution in [0.2, 0.25) is 0 Å². The highest BCUT2D eigenvalue weighted by atomic mass is 16.4. The zero-order valence-electron chi connectivity index (χ0n) is 11.1. The van der Waals surface area contributed by atoms with Gasteiger partial charge in [-0.2, -0.15) is 0 Å². The van der Waals surface area contributed by atoms with Crippen LogP contribution in [-0.2, 0) is 13.1 Å². The molecule has 2 aromatic rings. The Morgan fingerprint density at radius 1 is 1.48 bits per heavy atom. The summed E-state index contributed by atoms with van der Waals surface area (Å²) in [7, 11) is 0. The number of rotatable bonds is 3. The van der Waals surface area contributed by atoms with E-state index in [9.17, 15) is 4.79 Å². The third kappa shape index (κ3) is 2.40. The molecule has 3 rings (SSSR count). The molecule has 0 atom stereocenters. The average molecular weight is 283 g/mol. The molecule has 21 heavy (non-hydrogen) atoms. The summed E-state index contributed by atoms with van der Waals surface area (Å²) >= 11 is 0. The Morgan fingerprint density at radius 3 is 3.05 bits per heavy atom. The number of nitrogens with zero attached hydrogens (tertiary/aromatic N) is 4. The average Bonchev–Trinajstić information content (AvgIpc) is 2.83. The zero-order chi connectivity index (χ0) is 14.8. The van der Waals surface area contributed by atoms with E-state index in [1.165, 1.54) is 6.20 Å². The molecule has 0 bridgehead atoms. The van der Waals surface area contributed by atoms with Gasteiger partial charge in [-0.1, -0.05) is 11.2 Å². The number of pyridine rings is 2. The van der Waals surface area contributed by atoms with E-state index in [0.717, 1.165) is 5.56 Å². The Balaban J connectivity index is 1.85. The summed E-state index contributed by atoms with van der Waals surface area (Å²) in [4.78, 5) is 22.3. The molecule has 1 amide bonds. The van der Waals surface area contributed by atoms with Crippen LogP contribution in [0.25, 0.3) is 0 Å². The highest BCUT2D eigenvalue weighted by Crippen LogP contribution is 2.23. The van der Waals surface area contributed by atoms with Crippen molar-refractivity contribution in [2.24, 2.45) is 10.9 Å². The van der Waals surface area contributed by atoms with Gasteiger partial charge in [0, 0.05) is 30.7 Å². The maximum Gasteiger partial charge on any atom is 0.256 e. The lowest BCUT2D eigenvalue weighted by Gasteiger charge is -2.14. The van der Waals surface area contributed by atoms with Crippen LogP contribution < -0.4 is 5.73 Å². The number of hydrogen-bond donors (Lipinski definition) is 2. The molecule has 0 spiro atoms. The van der Waals surface area contributed by atoms with E-state index in [4.69, 9.17) is 10.9 Å². The second-order valence-electron chi connectivity index (χ2n) is 4.73. The molecular weight excluding hydrogens is 270 g/mol. The molecule has 0 radical (unpaired) electrons. The van der Waals surface area contributed by atoms with E-state index in [-0.39, 0.29) is 11.7 Å². The molecule has 1 aliphatic heterocycles. The molecule has 1 aliphatic rings. The molecule has 7 heteroatoms. The monoisotopic (exact) mass is 283 g/mol. The van der Waals surface area contributed by atoms with Crippen molar-refractivity contribution in [1.29, 1.82) is 0 Å². The van der Waals surface area contributed by atoms with Gasteiger partial charge in [-0.05, 0) is 17.7 Å². The number of hydrogen-bond acceptors (Lipinski definition) is 5. The lowest BCUT2D eigenvalue weighted by Crippen LogP contribution is -2.23. The van der Waals surface area contributed by atoms with Crippen molar-refractivity contribution in [2.45, 2.75) is 13.1 Å². The number of aromatic nitrogens is 2. The Labute approximate surface area is 120 Å². The molecular formula is C14H13N5O2. The van der Waals surface area contributed by atoms with Crippen molar-refractivity contribution in [2.75, 3.05) is 0 Å². The van der Waals surface area contributed by atoms with E-state index < -0.39 is 0 Å². The fourth-order valence-electron chi connectivity index (χ4n) is 2.26. The minimum Gasteiger partial charge on any atom is -0.409 e. The lowest BCUT2D eigenvalue weighted by molar-refractivity contribution is 0.0766. The predicted molar refractivity (Wildman–Crippen MR) is 74.6 cm³/mol. The Hall–Kier alpha value is -2.96. The van der Waals surface area contributed by atoms with Crippen molar-refractivity contribution in [3.8, 4) is 0 Å². The van der Waals surface area contributed by atoms with E-state index in [1.54, 1.807) is 23.4 Å². The molecule has 7 nitrogen and oxygen atoms in total. The van der Waals surface area contributed by atoms with Gasteiger partial charge < -0.3 is 15.8 Å². The number of amides is 1. The third-order valence-corrected chi connectivity index (χ3v) is 3.33. The highest BCUT2D eigenvalue weighted by molar-refractivity contribution is 6.02. The van der Waals surface area contributed by atoms with Gasteiger partial charge in [0.2, 0.25) is 0 Å². The van der Waals surface area contributed by atoms with Gasteiger partial charge in [0.1, 0.15) is 0 Å². The second kappa shape index (κ2) is 5.20. The molecule has 3 heterocycles. The fraction of sp³-hybridized carbons (Fsp3) is 0.143. The van der Waals surface area contributed by atoms with Gasteiger partial charge in [-0.3, -0.25) is 14.8 Å². The number of fused-ring (bicyclic) bond motifs is 1. The van der Waals surface area contributed by atoms with Crippen LogP contribution >= 0.6 is 0 Å². The van der Waals surface area contributed by atoms with Crippen LogP contribution in [-0.4, -0.2) is 31.8 Å². The summed E-state index contributed by atoms with van der Waals surface area (Å²) in [6, 6.07) is 5.35. The van der Waals surface area contributed by atoms with Crippen LogP contribution in [0.4, 0.5) is 0 Å². The standard InChI is InChI=1S/C14H13N5O2/c15-13(18-21)10-4-11-12(17-6-10)8-19(14(11)20)7-9-2-1-3-16-5-9/h1-6,21H,7-8H2,(H2,15,18). The summed E-state index contributed by atoms with van der Waals surface area (Å²) in [6.45, 7) is 0.918. The first-order valence-corrected chi connectivity index (χ1v) is 6.34. The van der Waals surface area contributed by atoms with E-state index >= 15 is 0 Å². The Morgan fingerprint density at radius 2 is 2.33 bits per heavy atom. The van der Waals surface area contributed by atoms with Crippen molar-refractivity contribution < 1.29 is 10.0 Å². The molecule has 0 fully saturated rings. The fourth-order valence-corrected chi connectivity index (χ4v) is 2.26. The largest absolute Gasteiger partial charge is 0.409 e. The van der Waals surface area contributed by atoms with Gasteiger partial charge in [0.25, 0.3) is 5.91 Å². The maximum absolute atomic E-state index is 12.4. The summed E-state index contributed by atoms with van der Waals surface area (Å²) in [6.07, 6.45) is 4.91. The third-order valence-electron chi connectivity index (χ3n) is 3.33. The molecule has 106 valence electrons. The number of carbonyl (C=O) groups excluding carboxylic acids is 1. The molecule has 3 N–H and O–H groups in total. The first kappa shape index (κ1) is 13.0. The highest BCUT2D eigenvalue weighted by Gasteiger charge is 2.29. The van der Waals surface area contributed by atoms with Crippen LogP contribution in [0.5, 0.6) is 0 Å².